The van der Waals surface area contributed by atoms with E-state index < -0.39 is 5.92 Å². The highest BCUT2D eigenvalue weighted by molar-refractivity contribution is 6.31. The Hall–Kier alpha value is -1.84. The SMILES string of the molecule is Cc1ccc(C(=O)CC(C#N)C#N)cc1Cl. The van der Waals surface area contributed by atoms with Gasteiger partial charge in [-0.1, -0.05) is 23.7 Å². The predicted molar refractivity (Wildman–Crippen MR) is 59.9 cm³/mol. The van der Waals surface area contributed by atoms with Crippen molar-refractivity contribution in [2.45, 2.75) is 13.3 Å². The Kier molecular flexibility index (Phi) is 4.05. The van der Waals surface area contributed by atoms with Crippen LogP contribution in [0.5, 0.6) is 0 Å². The van der Waals surface area contributed by atoms with Gasteiger partial charge in [0, 0.05) is 17.0 Å². The van der Waals surface area contributed by atoms with Gasteiger partial charge in [-0.2, -0.15) is 10.5 Å². The van der Waals surface area contributed by atoms with Crippen LogP contribution >= 0.6 is 11.6 Å². The average Bonchev–Trinajstić information content (AvgIpc) is 2.29. The molecule has 0 N–H and O–H groups in total. The molecule has 16 heavy (non-hydrogen) atoms. The van der Waals surface area contributed by atoms with Gasteiger partial charge in [0.25, 0.3) is 0 Å². The lowest BCUT2D eigenvalue weighted by Gasteiger charge is -2.03. The lowest BCUT2D eigenvalue weighted by molar-refractivity contribution is 0.0976. The molecule has 0 fully saturated rings. The van der Waals surface area contributed by atoms with Gasteiger partial charge in [-0.3, -0.25) is 4.79 Å². The molecule has 0 atom stereocenters. The van der Waals surface area contributed by atoms with Crippen molar-refractivity contribution < 1.29 is 4.79 Å². The molecule has 0 unspecified atom stereocenters. The first kappa shape index (κ1) is 12.2. The van der Waals surface area contributed by atoms with Gasteiger partial charge < -0.3 is 0 Å². The molecule has 0 saturated heterocycles. The number of halogens is 1. The van der Waals surface area contributed by atoms with Crippen LogP contribution in [0.4, 0.5) is 0 Å². The molecule has 0 aliphatic rings. The Balaban J connectivity index is 2.87. The van der Waals surface area contributed by atoms with E-state index in [9.17, 15) is 4.79 Å². The van der Waals surface area contributed by atoms with E-state index in [1.54, 1.807) is 30.3 Å². The van der Waals surface area contributed by atoms with E-state index in [2.05, 4.69) is 0 Å². The average molecular weight is 233 g/mol. The van der Waals surface area contributed by atoms with Crippen LogP contribution in [0.15, 0.2) is 18.2 Å². The molecule has 80 valence electrons. The number of carbonyl (C=O) groups excluding carboxylic acids is 1. The quantitative estimate of drug-likeness (QED) is 0.753. The highest BCUT2D eigenvalue weighted by Gasteiger charge is 2.14. The van der Waals surface area contributed by atoms with Crippen molar-refractivity contribution >= 4 is 17.4 Å². The Labute approximate surface area is 98.9 Å². The summed E-state index contributed by atoms with van der Waals surface area (Å²) in [6.07, 6.45) is -0.0909. The fourth-order valence-electron chi connectivity index (χ4n) is 1.19. The van der Waals surface area contributed by atoms with Gasteiger partial charge in [-0.15, -0.1) is 0 Å². The number of nitrogens with zero attached hydrogens (tertiary/aromatic N) is 2. The maximum absolute atomic E-state index is 11.7. The molecule has 0 bridgehead atoms. The maximum atomic E-state index is 11.7. The Morgan fingerprint density at radius 3 is 2.56 bits per heavy atom. The van der Waals surface area contributed by atoms with Crippen LogP contribution in [0.25, 0.3) is 0 Å². The van der Waals surface area contributed by atoms with Crippen molar-refractivity contribution in [2.75, 3.05) is 0 Å². The summed E-state index contributed by atoms with van der Waals surface area (Å²) in [4.78, 5) is 11.7. The molecule has 1 aromatic carbocycles. The first-order valence-electron chi connectivity index (χ1n) is 4.67. The minimum absolute atomic E-state index is 0.0909. The van der Waals surface area contributed by atoms with E-state index in [1.807, 2.05) is 6.92 Å². The molecule has 0 aromatic heterocycles. The molecule has 0 heterocycles. The van der Waals surface area contributed by atoms with Gasteiger partial charge in [0.1, 0.15) is 5.92 Å². The summed E-state index contributed by atoms with van der Waals surface area (Å²) >= 11 is 5.88. The third-order valence-electron chi connectivity index (χ3n) is 2.20. The number of carbonyl (C=O) groups is 1. The highest BCUT2D eigenvalue weighted by atomic mass is 35.5. The second kappa shape index (κ2) is 5.30. The van der Waals surface area contributed by atoms with E-state index in [-0.39, 0.29) is 12.2 Å². The van der Waals surface area contributed by atoms with Crippen molar-refractivity contribution in [3.63, 3.8) is 0 Å². The largest absolute Gasteiger partial charge is 0.294 e. The van der Waals surface area contributed by atoms with E-state index in [1.165, 1.54) is 0 Å². The van der Waals surface area contributed by atoms with Gasteiger partial charge in [0.15, 0.2) is 5.78 Å². The normalized spacial score (nSPS) is 9.56. The van der Waals surface area contributed by atoms with Crippen LogP contribution in [0.1, 0.15) is 22.3 Å². The summed E-state index contributed by atoms with van der Waals surface area (Å²) in [7, 11) is 0. The molecule has 0 amide bonds. The Morgan fingerprint density at radius 2 is 2.06 bits per heavy atom. The van der Waals surface area contributed by atoms with E-state index in [4.69, 9.17) is 22.1 Å². The second-order valence-corrected chi connectivity index (χ2v) is 3.81. The summed E-state index contributed by atoms with van der Waals surface area (Å²) in [6.45, 7) is 1.84. The number of nitriles is 2. The minimum Gasteiger partial charge on any atom is -0.294 e. The van der Waals surface area contributed by atoms with E-state index in [0.717, 1.165) is 5.56 Å². The monoisotopic (exact) mass is 232 g/mol. The zero-order valence-electron chi connectivity index (χ0n) is 8.70. The summed E-state index contributed by atoms with van der Waals surface area (Å²) in [6, 6.07) is 8.48. The van der Waals surface area contributed by atoms with Crippen LogP contribution in [0.3, 0.4) is 0 Å². The molecule has 0 aliphatic heterocycles. The summed E-state index contributed by atoms with van der Waals surface area (Å²) in [5.41, 5.74) is 1.32. The number of hydrogen-bond acceptors (Lipinski definition) is 3. The lowest BCUT2D eigenvalue weighted by atomic mass is 10.00. The van der Waals surface area contributed by atoms with Crippen molar-refractivity contribution in [1.29, 1.82) is 10.5 Å². The topological polar surface area (TPSA) is 64.7 Å². The smallest absolute Gasteiger partial charge is 0.165 e. The lowest BCUT2D eigenvalue weighted by Crippen LogP contribution is -2.05. The standard InChI is InChI=1S/C12H9ClN2O/c1-8-2-3-10(5-11(8)13)12(16)4-9(6-14)7-15/h2-3,5,9H,4H2,1H3. The molecule has 0 radical (unpaired) electrons. The maximum Gasteiger partial charge on any atom is 0.165 e. The van der Waals surface area contributed by atoms with Crippen LogP contribution in [-0.2, 0) is 0 Å². The zero-order valence-corrected chi connectivity index (χ0v) is 9.45. The molecule has 4 heteroatoms. The number of hydrogen-bond donors (Lipinski definition) is 0. The fraction of sp³-hybridized carbons (Fsp3) is 0.250. The highest BCUT2D eigenvalue weighted by Crippen LogP contribution is 2.18. The molecule has 1 aromatic rings. The van der Waals surface area contributed by atoms with Crippen LogP contribution in [-0.4, -0.2) is 5.78 Å². The van der Waals surface area contributed by atoms with Gasteiger partial charge in [0.2, 0.25) is 0 Å². The fourth-order valence-corrected chi connectivity index (χ4v) is 1.37. The van der Waals surface area contributed by atoms with Crippen LogP contribution in [0.2, 0.25) is 5.02 Å². The van der Waals surface area contributed by atoms with Gasteiger partial charge in [0.05, 0.1) is 12.1 Å². The van der Waals surface area contributed by atoms with Crippen molar-refractivity contribution in [1.82, 2.24) is 0 Å². The number of rotatable bonds is 3. The van der Waals surface area contributed by atoms with Gasteiger partial charge >= 0.3 is 0 Å². The third kappa shape index (κ3) is 2.82. The Morgan fingerprint density at radius 1 is 1.44 bits per heavy atom. The molecule has 0 aliphatic carbocycles. The number of aryl methyl sites for hydroxylation is 1. The Bertz CT molecular complexity index is 483. The molecule has 0 saturated carbocycles. The number of ketones is 1. The summed E-state index contributed by atoms with van der Waals surface area (Å²) in [5.74, 6) is -1.14. The third-order valence-corrected chi connectivity index (χ3v) is 2.60. The van der Waals surface area contributed by atoms with Crippen LogP contribution < -0.4 is 0 Å². The first-order chi connectivity index (χ1) is 7.58. The second-order valence-electron chi connectivity index (χ2n) is 3.40. The number of Topliss-reactive ketones (excluding diaryl/α,β-unsaturated/α-hetero) is 1. The van der Waals surface area contributed by atoms with Gasteiger partial charge in [-0.25, -0.2) is 0 Å². The molecular weight excluding hydrogens is 224 g/mol. The van der Waals surface area contributed by atoms with Crippen LogP contribution in [0, 0.1) is 35.5 Å². The van der Waals surface area contributed by atoms with Crippen molar-refractivity contribution in [2.24, 2.45) is 5.92 Å². The minimum atomic E-state index is -0.896. The molecular formula is C12H9ClN2O. The first-order valence-corrected chi connectivity index (χ1v) is 5.05. The summed E-state index contributed by atoms with van der Waals surface area (Å²) < 4.78 is 0. The molecule has 1 rings (SSSR count). The summed E-state index contributed by atoms with van der Waals surface area (Å²) in [5, 5.41) is 17.6. The molecule has 3 nitrogen and oxygen atoms in total. The predicted octanol–water partition coefficient (Wildman–Crippen LogP) is 2.88. The van der Waals surface area contributed by atoms with Gasteiger partial charge in [-0.05, 0) is 18.6 Å². The van der Waals surface area contributed by atoms with E-state index in [0.29, 0.717) is 10.6 Å². The molecule has 0 spiro atoms. The van der Waals surface area contributed by atoms with Crippen molar-refractivity contribution in [3.8, 4) is 12.1 Å². The van der Waals surface area contributed by atoms with E-state index >= 15 is 0 Å². The number of benzene rings is 1. The zero-order chi connectivity index (χ0) is 12.1. The van der Waals surface area contributed by atoms with Crippen molar-refractivity contribution in [3.05, 3.63) is 34.3 Å².